The normalized spacial score (nSPS) is 17.4. The minimum absolute atomic E-state index is 0.0304. The molecule has 1 N–H and O–H groups in total. The molecule has 0 aliphatic carbocycles. The second kappa shape index (κ2) is 7.53. The van der Waals surface area contributed by atoms with E-state index in [0.29, 0.717) is 18.5 Å². The smallest absolute Gasteiger partial charge is 0.290 e. The molecule has 3 rings (SSSR count). The molecule has 7 nitrogen and oxygen atoms in total. The predicted octanol–water partition coefficient (Wildman–Crippen LogP) is 2.20. The van der Waals surface area contributed by atoms with Gasteiger partial charge in [-0.05, 0) is 50.8 Å². The van der Waals surface area contributed by atoms with E-state index in [1.54, 1.807) is 30.6 Å². The van der Waals surface area contributed by atoms with Crippen molar-refractivity contribution >= 4 is 11.7 Å². The second-order valence-electron chi connectivity index (χ2n) is 6.41. The van der Waals surface area contributed by atoms with Crippen molar-refractivity contribution in [2.24, 2.45) is 0 Å². The highest BCUT2D eigenvalue weighted by atomic mass is 16.3. The number of amides is 1. The van der Waals surface area contributed by atoms with Gasteiger partial charge in [-0.1, -0.05) is 6.07 Å². The Hall–Kier alpha value is -2.93. The molecule has 0 unspecified atom stereocenters. The van der Waals surface area contributed by atoms with E-state index in [4.69, 9.17) is 4.42 Å². The summed E-state index contributed by atoms with van der Waals surface area (Å²) >= 11 is 0. The summed E-state index contributed by atoms with van der Waals surface area (Å²) in [5.74, 6) is -1.48. The van der Waals surface area contributed by atoms with Gasteiger partial charge in [-0.3, -0.25) is 14.6 Å². The van der Waals surface area contributed by atoms with Crippen molar-refractivity contribution in [2.45, 2.75) is 12.5 Å². The molecule has 136 valence electrons. The third-order valence-electron chi connectivity index (χ3n) is 4.30. The number of aliphatic hydroxyl groups excluding tert-OH is 1. The van der Waals surface area contributed by atoms with Crippen molar-refractivity contribution in [2.75, 3.05) is 27.2 Å². The van der Waals surface area contributed by atoms with Crippen molar-refractivity contribution in [3.8, 4) is 0 Å². The monoisotopic (exact) mass is 355 g/mol. The van der Waals surface area contributed by atoms with Crippen LogP contribution in [0.3, 0.4) is 0 Å². The lowest BCUT2D eigenvalue weighted by Crippen LogP contribution is -2.33. The molecular weight excluding hydrogens is 334 g/mol. The summed E-state index contributed by atoms with van der Waals surface area (Å²) in [6.07, 6.45) is 5.32. The lowest BCUT2D eigenvalue weighted by Gasteiger charge is -2.26. The van der Waals surface area contributed by atoms with Crippen LogP contribution in [-0.2, 0) is 4.79 Å². The van der Waals surface area contributed by atoms with Gasteiger partial charge in [0.25, 0.3) is 5.91 Å². The standard InChI is InChI=1S/C19H21N3O4/c1-21(2)9-5-10-22-16(13-6-3-8-20-12-13)15(18(24)19(22)25)17(23)14-7-4-11-26-14/h3-4,6-8,11-12,16,24H,5,9-10H2,1-2H3/t16-/m1/s1. The number of aromatic nitrogens is 1. The zero-order chi connectivity index (χ0) is 18.7. The van der Waals surface area contributed by atoms with Crippen molar-refractivity contribution in [1.82, 2.24) is 14.8 Å². The van der Waals surface area contributed by atoms with Crippen molar-refractivity contribution in [3.63, 3.8) is 0 Å². The van der Waals surface area contributed by atoms with Crippen molar-refractivity contribution < 1.29 is 19.1 Å². The highest BCUT2D eigenvalue weighted by Gasteiger charge is 2.44. The molecule has 2 aromatic rings. The van der Waals surface area contributed by atoms with Crippen LogP contribution >= 0.6 is 0 Å². The summed E-state index contributed by atoms with van der Waals surface area (Å²) in [4.78, 5) is 33.1. The van der Waals surface area contributed by atoms with Crippen LogP contribution in [-0.4, -0.2) is 58.8 Å². The molecular formula is C19H21N3O4. The van der Waals surface area contributed by atoms with Gasteiger partial charge in [-0.2, -0.15) is 0 Å². The van der Waals surface area contributed by atoms with Gasteiger partial charge < -0.3 is 19.3 Å². The number of pyridine rings is 1. The Morgan fingerprint density at radius 2 is 2.15 bits per heavy atom. The number of carbonyl (C=O) groups is 2. The molecule has 0 radical (unpaired) electrons. The summed E-state index contributed by atoms with van der Waals surface area (Å²) in [5.41, 5.74) is 0.701. The van der Waals surface area contributed by atoms with Crippen LogP contribution in [0.2, 0.25) is 0 Å². The first kappa shape index (κ1) is 17.9. The fourth-order valence-corrected chi connectivity index (χ4v) is 3.10. The Morgan fingerprint density at radius 1 is 1.35 bits per heavy atom. The number of furan rings is 1. The maximum Gasteiger partial charge on any atom is 0.290 e. The molecule has 0 spiro atoms. The molecule has 2 aromatic heterocycles. The fourth-order valence-electron chi connectivity index (χ4n) is 3.10. The van der Waals surface area contributed by atoms with Gasteiger partial charge in [-0.25, -0.2) is 0 Å². The molecule has 1 aliphatic rings. The lowest BCUT2D eigenvalue weighted by molar-refractivity contribution is -0.129. The van der Waals surface area contributed by atoms with Gasteiger partial charge in [-0.15, -0.1) is 0 Å². The first-order valence-corrected chi connectivity index (χ1v) is 8.37. The number of hydrogen-bond acceptors (Lipinski definition) is 6. The predicted molar refractivity (Wildman–Crippen MR) is 94.6 cm³/mol. The van der Waals surface area contributed by atoms with E-state index in [0.717, 1.165) is 6.54 Å². The second-order valence-corrected chi connectivity index (χ2v) is 6.41. The Morgan fingerprint density at radius 3 is 2.77 bits per heavy atom. The molecule has 0 aromatic carbocycles. The quantitative estimate of drug-likeness (QED) is 0.766. The zero-order valence-corrected chi connectivity index (χ0v) is 14.8. The van der Waals surface area contributed by atoms with E-state index < -0.39 is 23.5 Å². The average Bonchev–Trinajstić information content (AvgIpc) is 3.24. The van der Waals surface area contributed by atoms with E-state index >= 15 is 0 Å². The maximum absolute atomic E-state index is 12.9. The molecule has 0 saturated carbocycles. The van der Waals surface area contributed by atoms with Gasteiger partial charge >= 0.3 is 0 Å². The van der Waals surface area contributed by atoms with Crippen molar-refractivity contribution in [3.05, 3.63) is 65.6 Å². The number of carbonyl (C=O) groups excluding carboxylic acids is 2. The summed E-state index contributed by atoms with van der Waals surface area (Å²) < 4.78 is 5.18. The van der Waals surface area contributed by atoms with Gasteiger partial charge in [0.15, 0.2) is 11.5 Å². The third kappa shape index (κ3) is 3.39. The van der Waals surface area contributed by atoms with Gasteiger partial charge in [0.1, 0.15) is 0 Å². The Balaban J connectivity index is 1.97. The van der Waals surface area contributed by atoms with E-state index in [-0.39, 0.29) is 11.3 Å². The molecule has 1 aliphatic heterocycles. The molecule has 26 heavy (non-hydrogen) atoms. The Kier molecular flexibility index (Phi) is 5.18. The number of rotatable bonds is 7. The number of aliphatic hydroxyl groups is 1. The van der Waals surface area contributed by atoms with Crippen LogP contribution in [0.5, 0.6) is 0 Å². The summed E-state index contributed by atoms with van der Waals surface area (Å²) in [6.45, 7) is 1.20. The maximum atomic E-state index is 12.9. The minimum Gasteiger partial charge on any atom is -0.503 e. The van der Waals surface area contributed by atoms with Gasteiger partial charge in [0, 0.05) is 18.9 Å². The van der Waals surface area contributed by atoms with Crippen LogP contribution in [0.1, 0.15) is 28.6 Å². The topological polar surface area (TPSA) is 86.9 Å². The van der Waals surface area contributed by atoms with Gasteiger partial charge in [0.05, 0.1) is 17.9 Å². The largest absolute Gasteiger partial charge is 0.503 e. The highest BCUT2D eigenvalue weighted by molar-refractivity contribution is 6.14. The van der Waals surface area contributed by atoms with E-state index in [2.05, 4.69) is 4.98 Å². The first-order chi connectivity index (χ1) is 12.5. The molecule has 1 atom stereocenters. The molecule has 7 heteroatoms. The lowest BCUT2D eigenvalue weighted by atomic mass is 9.96. The number of ketones is 1. The van der Waals surface area contributed by atoms with Crippen LogP contribution in [0.25, 0.3) is 0 Å². The van der Waals surface area contributed by atoms with Crippen LogP contribution in [0.4, 0.5) is 0 Å². The Bertz CT molecular complexity index is 813. The first-order valence-electron chi connectivity index (χ1n) is 8.37. The molecule has 3 heterocycles. The highest BCUT2D eigenvalue weighted by Crippen LogP contribution is 2.38. The molecule has 0 bridgehead atoms. The number of nitrogens with zero attached hydrogens (tertiary/aromatic N) is 3. The minimum atomic E-state index is -0.684. The van der Waals surface area contributed by atoms with E-state index in [1.807, 2.05) is 19.0 Å². The molecule has 0 saturated heterocycles. The average molecular weight is 355 g/mol. The SMILES string of the molecule is CN(C)CCCN1C(=O)C(O)=C(C(=O)c2ccco2)[C@H]1c1cccnc1. The summed E-state index contributed by atoms with van der Waals surface area (Å²) in [5, 5.41) is 10.4. The van der Waals surface area contributed by atoms with Gasteiger partial charge in [0.2, 0.25) is 5.78 Å². The van der Waals surface area contributed by atoms with Crippen LogP contribution < -0.4 is 0 Å². The van der Waals surface area contributed by atoms with E-state index in [1.165, 1.54) is 17.2 Å². The number of Topliss-reactive ketones (excluding diaryl/α,β-unsaturated/α-hetero) is 1. The van der Waals surface area contributed by atoms with Crippen LogP contribution in [0, 0.1) is 0 Å². The molecule has 1 amide bonds. The van der Waals surface area contributed by atoms with E-state index in [9.17, 15) is 14.7 Å². The zero-order valence-electron chi connectivity index (χ0n) is 14.8. The third-order valence-corrected chi connectivity index (χ3v) is 4.30. The van der Waals surface area contributed by atoms with Crippen LogP contribution in [0.15, 0.2) is 58.7 Å². The summed E-state index contributed by atoms with van der Waals surface area (Å²) in [6, 6.07) is 5.95. The molecule has 0 fully saturated rings. The summed E-state index contributed by atoms with van der Waals surface area (Å²) in [7, 11) is 3.90. The Labute approximate surface area is 151 Å². The number of hydrogen-bond donors (Lipinski definition) is 1. The van der Waals surface area contributed by atoms with Crippen molar-refractivity contribution in [1.29, 1.82) is 0 Å². The fraction of sp³-hybridized carbons (Fsp3) is 0.316.